The number of non-ortho nitro benzene ring substituents is 1. The number of aromatic nitrogens is 1. The van der Waals surface area contributed by atoms with E-state index in [0.29, 0.717) is 38.7 Å². The number of hydrogen-bond donors (Lipinski definition) is 2. The number of amides is 1. The molecule has 0 radical (unpaired) electrons. The number of thioether (sulfide) groups is 1. The van der Waals surface area contributed by atoms with E-state index in [1.807, 2.05) is 0 Å². The van der Waals surface area contributed by atoms with Crippen molar-refractivity contribution in [2.24, 2.45) is 5.92 Å². The van der Waals surface area contributed by atoms with Gasteiger partial charge < -0.3 is 10.4 Å². The maximum absolute atomic E-state index is 12.9. The van der Waals surface area contributed by atoms with Crippen LogP contribution >= 0.6 is 11.8 Å². The van der Waals surface area contributed by atoms with Crippen LogP contribution in [0.4, 0.5) is 11.4 Å². The van der Waals surface area contributed by atoms with Gasteiger partial charge in [-0.2, -0.15) is 5.26 Å². The van der Waals surface area contributed by atoms with Crippen molar-refractivity contribution in [2.45, 2.75) is 50.7 Å². The highest BCUT2D eigenvalue weighted by Gasteiger charge is 2.49. The number of anilines is 1. The second kappa shape index (κ2) is 11.6. The van der Waals surface area contributed by atoms with E-state index in [4.69, 9.17) is 0 Å². The van der Waals surface area contributed by atoms with E-state index in [2.05, 4.69) is 16.4 Å². The maximum Gasteiger partial charge on any atom is 0.269 e. The molecule has 41 heavy (non-hydrogen) atoms. The molecule has 210 valence electrons. The third kappa shape index (κ3) is 6.04. The number of nitriles is 1. The zero-order valence-electron chi connectivity index (χ0n) is 22.9. The van der Waals surface area contributed by atoms with Gasteiger partial charge in [0.1, 0.15) is 16.9 Å². The number of aliphatic hydroxyl groups is 1. The predicted octanol–water partition coefficient (Wildman–Crippen LogP) is 4.75. The number of carbonyl (C=O) groups excluding carboxylic acids is 3. The van der Waals surface area contributed by atoms with Gasteiger partial charge in [-0.05, 0) is 68.7 Å². The fourth-order valence-electron chi connectivity index (χ4n) is 5.54. The van der Waals surface area contributed by atoms with Crippen LogP contribution in [0, 0.1) is 34.3 Å². The lowest BCUT2D eigenvalue weighted by Crippen LogP contribution is -2.48. The van der Waals surface area contributed by atoms with E-state index in [1.54, 1.807) is 37.3 Å². The Morgan fingerprint density at radius 3 is 2.49 bits per heavy atom. The second-order valence-corrected chi connectivity index (χ2v) is 11.3. The predicted molar refractivity (Wildman–Crippen MR) is 153 cm³/mol. The van der Waals surface area contributed by atoms with Gasteiger partial charge in [0.05, 0.1) is 27.8 Å². The number of nitrogens with one attached hydrogen (secondary N) is 1. The van der Waals surface area contributed by atoms with Crippen LogP contribution in [-0.2, 0) is 16.0 Å². The van der Waals surface area contributed by atoms with Gasteiger partial charge in [0.2, 0.25) is 5.91 Å². The molecule has 10 nitrogen and oxygen atoms in total. The Balaban J connectivity index is 1.72. The number of hydrogen-bond acceptors (Lipinski definition) is 9. The summed E-state index contributed by atoms with van der Waals surface area (Å²) in [5.74, 6) is -2.48. The van der Waals surface area contributed by atoms with Crippen LogP contribution in [0.15, 0.2) is 53.6 Å². The lowest BCUT2D eigenvalue weighted by atomic mass is 9.62. The van der Waals surface area contributed by atoms with Crippen LogP contribution in [0.1, 0.15) is 65.0 Å². The van der Waals surface area contributed by atoms with Gasteiger partial charge in [-0.25, -0.2) is 4.98 Å². The molecule has 11 heteroatoms. The van der Waals surface area contributed by atoms with Gasteiger partial charge in [-0.1, -0.05) is 23.9 Å². The van der Waals surface area contributed by atoms with Crippen LogP contribution in [-0.4, -0.2) is 43.8 Å². The molecule has 0 spiro atoms. The largest absolute Gasteiger partial charge is 0.389 e. The molecule has 1 aliphatic rings. The number of nitro groups is 1. The van der Waals surface area contributed by atoms with Crippen molar-refractivity contribution >= 4 is 40.6 Å². The number of aryl methyl sites for hydroxylation is 1. The number of pyridine rings is 1. The van der Waals surface area contributed by atoms with Crippen molar-refractivity contribution in [3.05, 3.63) is 92.2 Å². The third-order valence-electron chi connectivity index (χ3n) is 7.25. The molecule has 0 fully saturated rings. The molecular formula is C30H28N4O6S. The highest BCUT2D eigenvalue weighted by molar-refractivity contribution is 8.00. The summed E-state index contributed by atoms with van der Waals surface area (Å²) in [6.07, 6.45) is -0.00743. The minimum Gasteiger partial charge on any atom is -0.389 e. The highest BCUT2D eigenvalue weighted by Crippen LogP contribution is 2.49. The van der Waals surface area contributed by atoms with Gasteiger partial charge in [0, 0.05) is 41.4 Å². The zero-order valence-corrected chi connectivity index (χ0v) is 23.7. The monoisotopic (exact) mass is 572 g/mol. The Kier molecular flexibility index (Phi) is 8.37. The number of nitro benzene ring substituents is 1. The number of Topliss-reactive ketones (excluding diaryl/α,β-unsaturated/α-hetero) is 2. The normalized spacial score (nSPS) is 19.5. The first-order valence-electron chi connectivity index (χ1n) is 12.8. The minimum absolute atomic E-state index is 0.00743. The van der Waals surface area contributed by atoms with Crippen LogP contribution in [0.25, 0.3) is 0 Å². The molecule has 3 unspecified atom stereocenters. The zero-order chi connectivity index (χ0) is 30.1. The quantitative estimate of drug-likeness (QED) is 0.168. The number of ketones is 2. The van der Waals surface area contributed by atoms with Crippen molar-refractivity contribution in [2.75, 3.05) is 11.1 Å². The van der Waals surface area contributed by atoms with E-state index in [-0.39, 0.29) is 40.9 Å². The Hall–Kier alpha value is -4.40. The Bertz CT molecular complexity index is 1610. The molecule has 0 saturated carbocycles. The maximum atomic E-state index is 12.9. The van der Waals surface area contributed by atoms with Crippen molar-refractivity contribution in [1.29, 1.82) is 5.26 Å². The summed E-state index contributed by atoms with van der Waals surface area (Å²) in [4.78, 5) is 52.7. The summed E-state index contributed by atoms with van der Waals surface area (Å²) >= 11 is 1.07. The van der Waals surface area contributed by atoms with Gasteiger partial charge in [-0.15, -0.1) is 0 Å². The average molecular weight is 573 g/mol. The molecule has 0 aliphatic heterocycles. The number of fused-ring (bicyclic) bond motifs is 1. The van der Waals surface area contributed by atoms with E-state index < -0.39 is 22.4 Å². The van der Waals surface area contributed by atoms with E-state index in [9.17, 15) is 34.9 Å². The SMILES string of the molecule is CC(=O)c1ccc(NC(=O)CSc2nc(C)c3c(c2C#N)CC(C)(O)C(C(C)=O)C3c2cccc([N+](=O)[O-])c2)cc1. The Morgan fingerprint density at radius 2 is 1.90 bits per heavy atom. The fourth-order valence-corrected chi connectivity index (χ4v) is 6.40. The molecule has 0 bridgehead atoms. The summed E-state index contributed by atoms with van der Waals surface area (Å²) in [5.41, 5.74) is 1.56. The lowest BCUT2D eigenvalue weighted by Gasteiger charge is -2.43. The molecule has 2 N–H and O–H groups in total. The van der Waals surface area contributed by atoms with Crippen molar-refractivity contribution in [3.63, 3.8) is 0 Å². The fraction of sp³-hybridized carbons (Fsp3) is 0.300. The summed E-state index contributed by atoms with van der Waals surface area (Å²) in [5, 5.41) is 36.3. The van der Waals surface area contributed by atoms with E-state index >= 15 is 0 Å². The van der Waals surface area contributed by atoms with E-state index in [1.165, 1.54) is 39.0 Å². The van der Waals surface area contributed by atoms with Crippen LogP contribution in [0.2, 0.25) is 0 Å². The lowest BCUT2D eigenvalue weighted by molar-refractivity contribution is -0.384. The molecule has 1 aliphatic carbocycles. The Morgan fingerprint density at radius 1 is 1.22 bits per heavy atom. The first-order valence-corrected chi connectivity index (χ1v) is 13.8. The summed E-state index contributed by atoms with van der Waals surface area (Å²) in [6, 6.07) is 14.6. The summed E-state index contributed by atoms with van der Waals surface area (Å²) in [7, 11) is 0. The topological polar surface area (TPSA) is 163 Å². The smallest absolute Gasteiger partial charge is 0.269 e. The van der Waals surface area contributed by atoms with Crippen molar-refractivity contribution < 1.29 is 24.4 Å². The second-order valence-electron chi connectivity index (χ2n) is 10.3. The number of nitrogens with zero attached hydrogens (tertiary/aromatic N) is 3. The molecule has 0 saturated heterocycles. The molecule has 3 aromatic rings. The van der Waals surface area contributed by atoms with Crippen LogP contribution < -0.4 is 5.32 Å². The van der Waals surface area contributed by atoms with E-state index in [0.717, 1.165) is 11.8 Å². The first-order chi connectivity index (χ1) is 19.3. The van der Waals surface area contributed by atoms with Crippen molar-refractivity contribution in [3.8, 4) is 6.07 Å². The first kappa shape index (κ1) is 29.6. The highest BCUT2D eigenvalue weighted by atomic mass is 32.2. The summed E-state index contributed by atoms with van der Waals surface area (Å²) in [6.45, 7) is 6.08. The minimum atomic E-state index is -1.56. The number of rotatable bonds is 8. The molecule has 4 rings (SSSR count). The average Bonchev–Trinajstić information content (AvgIpc) is 2.90. The van der Waals surface area contributed by atoms with Gasteiger partial charge in [0.25, 0.3) is 5.69 Å². The molecule has 1 heterocycles. The molecule has 1 aromatic heterocycles. The molecular weight excluding hydrogens is 544 g/mol. The molecule has 3 atom stereocenters. The molecule has 2 aromatic carbocycles. The van der Waals surface area contributed by atoms with Gasteiger partial charge >= 0.3 is 0 Å². The summed E-state index contributed by atoms with van der Waals surface area (Å²) < 4.78 is 0. The van der Waals surface area contributed by atoms with Crippen molar-refractivity contribution in [1.82, 2.24) is 4.98 Å². The van der Waals surface area contributed by atoms with Gasteiger partial charge in [0.15, 0.2) is 5.78 Å². The number of benzene rings is 2. The van der Waals surface area contributed by atoms with Gasteiger partial charge in [-0.3, -0.25) is 24.5 Å². The third-order valence-corrected chi connectivity index (χ3v) is 8.23. The Labute approximate surface area is 241 Å². The molecule has 1 amide bonds. The standard InChI is InChI=1S/C30H28N4O6S/c1-16-26-23(13-30(4,38)28(18(3)36)27(26)20-6-5-7-22(12-20)34(39)40)24(14-31)29(32-16)41-15-25(37)33-21-10-8-19(9-11-21)17(2)35/h5-12,27-28,38H,13,15H2,1-4H3,(H,33,37). The number of carbonyl (C=O) groups is 3. The van der Waals surface area contributed by atoms with Crippen LogP contribution in [0.5, 0.6) is 0 Å². The van der Waals surface area contributed by atoms with Crippen LogP contribution in [0.3, 0.4) is 0 Å².